The zero-order valence-electron chi connectivity index (χ0n) is 9.65. The number of rotatable bonds is 3. The average Bonchev–Trinajstić information content (AvgIpc) is 2.88. The lowest BCUT2D eigenvalue weighted by atomic mass is 10.0. The first kappa shape index (κ1) is 10.6. The first-order valence-corrected chi connectivity index (χ1v) is 6.04. The van der Waals surface area contributed by atoms with Crippen molar-refractivity contribution >= 4 is 11.7 Å². The summed E-state index contributed by atoms with van der Waals surface area (Å²) in [6, 6.07) is 7.79. The highest BCUT2D eigenvalue weighted by Crippen LogP contribution is 2.40. The van der Waals surface area contributed by atoms with Crippen LogP contribution in [0.1, 0.15) is 18.4 Å². The molecule has 0 radical (unpaired) electrons. The van der Waals surface area contributed by atoms with Crippen LogP contribution >= 0.6 is 0 Å². The lowest BCUT2D eigenvalue weighted by Gasteiger charge is -2.19. The van der Waals surface area contributed by atoms with E-state index in [4.69, 9.17) is 0 Å². The maximum atomic E-state index is 11.7. The monoisotopic (exact) mass is 232 g/mol. The molecule has 1 aromatic rings. The summed E-state index contributed by atoms with van der Waals surface area (Å²) in [5.41, 5.74) is 1.47. The first-order valence-electron chi connectivity index (χ1n) is 6.04. The third kappa shape index (κ3) is 2.00. The zero-order valence-corrected chi connectivity index (χ0v) is 9.65. The number of para-hydroxylation sites is 1. The fraction of sp³-hybridized carbons (Fsp3) is 0.462. The van der Waals surface area contributed by atoms with Crippen molar-refractivity contribution in [2.24, 2.45) is 0 Å². The van der Waals surface area contributed by atoms with E-state index in [0.717, 1.165) is 24.1 Å². The molecule has 3 rings (SSSR count). The number of amides is 2. The predicted octanol–water partition coefficient (Wildman–Crippen LogP) is 1.28. The maximum absolute atomic E-state index is 11.7. The summed E-state index contributed by atoms with van der Waals surface area (Å²) in [4.78, 5) is 13.4. The molecule has 0 atom stereocenters. The highest BCUT2D eigenvalue weighted by atomic mass is 16.3. The van der Waals surface area contributed by atoms with Crippen molar-refractivity contribution in [2.45, 2.75) is 24.9 Å². The van der Waals surface area contributed by atoms with Crippen molar-refractivity contribution in [1.29, 1.82) is 0 Å². The van der Waals surface area contributed by atoms with Gasteiger partial charge in [-0.15, -0.1) is 0 Å². The molecule has 0 aromatic heterocycles. The van der Waals surface area contributed by atoms with Crippen LogP contribution in [-0.2, 0) is 6.42 Å². The van der Waals surface area contributed by atoms with Gasteiger partial charge in [-0.1, -0.05) is 18.2 Å². The summed E-state index contributed by atoms with van der Waals surface area (Å²) >= 11 is 0. The SMILES string of the molecule is O=C1NCCN1c1ccccc1CC1(O)CC1. The van der Waals surface area contributed by atoms with Crippen molar-refractivity contribution in [2.75, 3.05) is 18.0 Å². The van der Waals surface area contributed by atoms with Crippen LogP contribution in [0.3, 0.4) is 0 Å². The summed E-state index contributed by atoms with van der Waals surface area (Å²) in [6.45, 7) is 1.39. The van der Waals surface area contributed by atoms with Crippen LogP contribution in [0.15, 0.2) is 24.3 Å². The number of aliphatic hydroxyl groups is 1. The molecule has 0 unspecified atom stereocenters. The van der Waals surface area contributed by atoms with Crippen LogP contribution in [0.4, 0.5) is 10.5 Å². The quantitative estimate of drug-likeness (QED) is 0.825. The number of hydrogen-bond donors (Lipinski definition) is 2. The van der Waals surface area contributed by atoms with Crippen molar-refractivity contribution in [3.8, 4) is 0 Å². The number of hydrogen-bond acceptors (Lipinski definition) is 2. The number of benzene rings is 1. The lowest BCUT2D eigenvalue weighted by Crippen LogP contribution is -2.29. The van der Waals surface area contributed by atoms with Gasteiger partial charge in [0.2, 0.25) is 0 Å². The molecule has 90 valence electrons. The molecule has 2 aliphatic rings. The second kappa shape index (κ2) is 3.74. The van der Waals surface area contributed by atoms with Crippen LogP contribution in [0.5, 0.6) is 0 Å². The van der Waals surface area contributed by atoms with Gasteiger partial charge < -0.3 is 10.4 Å². The molecule has 1 heterocycles. The molecule has 1 aromatic carbocycles. The van der Waals surface area contributed by atoms with E-state index in [1.165, 1.54) is 0 Å². The minimum absolute atomic E-state index is 0.0414. The van der Waals surface area contributed by atoms with Gasteiger partial charge in [0.05, 0.1) is 5.60 Å². The normalized spacial score (nSPS) is 21.5. The van der Waals surface area contributed by atoms with Crippen LogP contribution in [-0.4, -0.2) is 29.8 Å². The summed E-state index contributed by atoms with van der Waals surface area (Å²) < 4.78 is 0. The third-order valence-corrected chi connectivity index (χ3v) is 3.49. The minimum atomic E-state index is -0.522. The Morgan fingerprint density at radius 2 is 2.12 bits per heavy atom. The second-order valence-electron chi connectivity index (χ2n) is 4.91. The Kier molecular flexibility index (Phi) is 2.33. The van der Waals surface area contributed by atoms with Gasteiger partial charge in [0.1, 0.15) is 0 Å². The van der Waals surface area contributed by atoms with E-state index < -0.39 is 5.60 Å². The fourth-order valence-corrected chi connectivity index (χ4v) is 2.30. The molecule has 1 saturated carbocycles. The molecule has 4 nitrogen and oxygen atoms in total. The largest absolute Gasteiger partial charge is 0.390 e. The smallest absolute Gasteiger partial charge is 0.322 e. The highest BCUT2D eigenvalue weighted by molar-refractivity contribution is 5.94. The Bertz CT molecular complexity index is 454. The van der Waals surface area contributed by atoms with Gasteiger partial charge in [0.25, 0.3) is 0 Å². The minimum Gasteiger partial charge on any atom is -0.390 e. The summed E-state index contributed by atoms with van der Waals surface area (Å²) in [6.07, 6.45) is 2.38. The highest BCUT2D eigenvalue weighted by Gasteiger charge is 2.41. The third-order valence-electron chi connectivity index (χ3n) is 3.49. The van der Waals surface area contributed by atoms with Crippen LogP contribution in [0.2, 0.25) is 0 Å². The van der Waals surface area contributed by atoms with E-state index in [-0.39, 0.29) is 6.03 Å². The molecule has 0 spiro atoms. The molecular weight excluding hydrogens is 216 g/mol. The molecular formula is C13H16N2O2. The Hall–Kier alpha value is -1.55. The van der Waals surface area contributed by atoms with Crippen LogP contribution < -0.4 is 10.2 Å². The summed E-state index contributed by atoms with van der Waals surface area (Å²) in [5, 5.41) is 12.8. The first-order chi connectivity index (χ1) is 8.18. The summed E-state index contributed by atoms with van der Waals surface area (Å²) in [5.74, 6) is 0. The number of carbonyl (C=O) groups is 1. The molecule has 0 bridgehead atoms. The second-order valence-corrected chi connectivity index (χ2v) is 4.91. The van der Waals surface area contributed by atoms with E-state index in [0.29, 0.717) is 19.5 Å². The van der Waals surface area contributed by atoms with Gasteiger partial charge in [-0.3, -0.25) is 4.90 Å². The zero-order chi connectivity index (χ0) is 11.9. The Labute approximate surface area is 100 Å². The van der Waals surface area contributed by atoms with E-state index in [9.17, 15) is 9.90 Å². The average molecular weight is 232 g/mol. The number of nitrogens with zero attached hydrogens (tertiary/aromatic N) is 1. The van der Waals surface area contributed by atoms with E-state index in [1.54, 1.807) is 4.90 Å². The van der Waals surface area contributed by atoms with Crippen molar-refractivity contribution in [3.05, 3.63) is 29.8 Å². The van der Waals surface area contributed by atoms with Gasteiger partial charge in [0, 0.05) is 25.2 Å². The maximum Gasteiger partial charge on any atom is 0.322 e. The number of urea groups is 1. The number of anilines is 1. The topological polar surface area (TPSA) is 52.6 Å². The molecule has 17 heavy (non-hydrogen) atoms. The van der Waals surface area contributed by atoms with Gasteiger partial charge in [-0.05, 0) is 24.5 Å². The molecule has 2 fully saturated rings. The molecule has 2 amide bonds. The van der Waals surface area contributed by atoms with Gasteiger partial charge in [0.15, 0.2) is 0 Å². The van der Waals surface area contributed by atoms with E-state index >= 15 is 0 Å². The lowest BCUT2D eigenvalue weighted by molar-refractivity contribution is 0.151. The number of carbonyl (C=O) groups excluding carboxylic acids is 1. The molecule has 2 N–H and O–H groups in total. The van der Waals surface area contributed by atoms with Gasteiger partial charge in [-0.2, -0.15) is 0 Å². The van der Waals surface area contributed by atoms with Crippen molar-refractivity contribution in [1.82, 2.24) is 5.32 Å². The molecule has 4 heteroatoms. The summed E-state index contributed by atoms with van der Waals surface area (Å²) in [7, 11) is 0. The molecule has 1 aliphatic heterocycles. The Morgan fingerprint density at radius 3 is 2.76 bits per heavy atom. The molecule has 1 aliphatic carbocycles. The van der Waals surface area contributed by atoms with E-state index in [1.807, 2.05) is 24.3 Å². The predicted molar refractivity (Wildman–Crippen MR) is 65.1 cm³/mol. The Balaban J connectivity index is 1.90. The standard InChI is InChI=1S/C13H16N2O2/c16-12-14-7-8-15(12)11-4-2-1-3-10(11)9-13(17)5-6-13/h1-4,17H,5-9H2,(H,14,16). The van der Waals surface area contributed by atoms with Crippen LogP contribution in [0.25, 0.3) is 0 Å². The van der Waals surface area contributed by atoms with Crippen molar-refractivity contribution < 1.29 is 9.90 Å². The Morgan fingerprint density at radius 1 is 1.35 bits per heavy atom. The van der Waals surface area contributed by atoms with Gasteiger partial charge >= 0.3 is 6.03 Å². The fourth-order valence-electron chi connectivity index (χ4n) is 2.30. The van der Waals surface area contributed by atoms with Crippen molar-refractivity contribution in [3.63, 3.8) is 0 Å². The van der Waals surface area contributed by atoms with Gasteiger partial charge in [-0.25, -0.2) is 4.79 Å². The van der Waals surface area contributed by atoms with Crippen LogP contribution in [0, 0.1) is 0 Å². The molecule has 1 saturated heterocycles. The van der Waals surface area contributed by atoms with E-state index in [2.05, 4.69) is 5.32 Å². The number of nitrogens with one attached hydrogen (secondary N) is 1.